The second-order valence-corrected chi connectivity index (χ2v) is 3.47. The Morgan fingerprint density at radius 2 is 2.40 bits per heavy atom. The number of pyridine rings is 1. The van der Waals surface area contributed by atoms with Crippen LogP contribution in [0.3, 0.4) is 0 Å². The molecule has 2 amide bonds. The number of carbonyl (C=O) groups excluding carboxylic acids is 1. The third-order valence-corrected chi connectivity index (χ3v) is 2.35. The number of carbonyl (C=O) groups is 1. The molecule has 0 bridgehead atoms. The molecule has 0 aliphatic rings. The molecule has 0 radical (unpaired) electrons. The van der Waals surface area contributed by atoms with Crippen LogP contribution >= 0.6 is 0 Å². The first-order chi connectivity index (χ1) is 7.15. The molecule has 1 unspecified atom stereocenters. The van der Waals surface area contributed by atoms with Crippen molar-refractivity contribution in [3.63, 3.8) is 0 Å². The lowest BCUT2D eigenvalue weighted by molar-refractivity contribution is 0.207. The van der Waals surface area contributed by atoms with E-state index in [9.17, 15) is 4.79 Å². The first kappa shape index (κ1) is 11.5. The van der Waals surface area contributed by atoms with Crippen LogP contribution in [0.5, 0.6) is 0 Å². The molecule has 82 valence electrons. The van der Waals surface area contributed by atoms with Crippen LogP contribution < -0.4 is 5.32 Å². The summed E-state index contributed by atoms with van der Waals surface area (Å²) >= 11 is 0. The van der Waals surface area contributed by atoms with E-state index in [1.807, 2.05) is 26.0 Å². The summed E-state index contributed by atoms with van der Waals surface area (Å²) in [7, 11) is 1.77. The summed E-state index contributed by atoms with van der Waals surface area (Å²) in [6.45, 7) is 4.58. The van der Waals surface area contributed by atoms with Gasteiger partial charge in [-0.2, -0.15) is 0 Å². The SMILES string of the molecule is CCN(C)C(=O)NC(C)c1cccnc1. The monoisotopic (exact) mass is 207 g/mol. The van der Waals surface area contributed by atoms with E-state index >= 15 is 0 Å². The Labute approximate surface area is 90.3 Å². The Balaban J connectivity index is 2.56. The maximum Gasteiger partial charge on any atom is 0.317 e. The molecule has 4 heteroatoms. The Morgan fingerprint density at radius 3 is 2.93 bits per heavy atom. The van der Waals surface area contributed by atoms with Crippen LogP contribution in [0.15, 0.2) is 24.5 Å². The van der Waals surface area contributed by atoms with Gasteiger partial charge >= 0.3 is 6.03 Å². The molecular formula is C11H17N3O. The average molecular weight is 207 g/mol. The summed E-state index contributed by atoms with van der Waals surface area (Å²) in [4.78, 5) is 17.2. The molecular weight excluding hydrogens is 190 g/mol. The number of urea groups is 1. The summed E-state index contributed by atoms with van der Waals surface area (Å²) in [5, 5.41) is 2.89. The van der Waals surface area contributed by atoms with E-state index in [2.05, 4.69) is 10.3 Å². The maximum absolute atomic E-state index is 11.6. The smallest absolute Gasteiger partial charge is 0.317 e. The van der Waals surface area contributed by atoms with Gasteiger partial charge in [0.05, 0.1) is 6.04 Å². The van der Waals surface area contributed by atoms with Crippen molar-refractivity contribution in [3.05, 3.63) is 30.1 Å². The second-order valence-electron chi connectivity index (χ2n) is 3.47. The van der Waals surface area contributed by atoms with Crippen molar-refractivity contribution in [2.75, 3.05) is 13.6 Å². The second kappa shape index (κ2) is 5.34. The minimum absolute atomic E-state index is 0.0137. The summed E-state index contributed by atoms with van der Waals surface area (Å²) in [6.07, 6.45) is 3.48. The van der Waals surface area contributed by atoms with Gasteiger partial charge in [-0.05, 0) is 25.5 Å². The largest absolute Gasteiger partial charge is 0.331 e. The van der Waals surface area contributed by atoms with E-state index in [0.717, 1.165) is 5.56 Å². The first-order valence-electron chi connectivity index (χ1n) is 5.06. The summed E-state index contributed by atoms with van der Waals surface area (Å²) in [5.41, 5.74) is 1.01. The van der Waals surface area contributed by atoms with E-state index < -0.39 is 0 Å². The average Bonchev–Trinajstić information content (AvgIpc) is 2.29. The van der Waals surface area contributed by atoms with E-state index in [1.54, 1.807) is 24.3 Å². The molecule has 1 N–H and O–H groups in total. The third kappa shape index (κ3) is 3.23. The standard InChI is InChI=1S/C11H17N3O/c1-4-14(3)11(15)13-9(2)10-6-5-7-12-8-10/h5-9H,4H2,1-3H3,(H,13,15). The van der Waals surface area contributed by atoms with Gasteiger partial charge in [-0.3, -0.25) is 4.98 Å². The van der Waals surface area contributed by atoms with Gasteiger partial charge in [0.2, 0.25) is 0 Å². The van der Waals surface area contributed by atoms with Crippen molar-refractivity contribution in [2.45, 2.75) is 19.9 Å². The molecule has 0 aliphatic carbocycles. The fraction of sp³-hybridized carbons (Fsp3) is 0.455. The van der Waals surface area contributed by atoms with Gasteiger partial charge in [0.1, 0.15) is 0 Å². The Kier molecular flexibility index (Phi) is 4.09. The summed E-state index contributed by atoms with van der Waals surface area (Å²) in [6, 6.07) is 3.74. The number of nitrogens with one attached hydrogen (secondary N) is 1. The van der Waals surface area contributed by atoms with E-state index in [4.69, 9.17) is 0 Å². The van der Waals surface area contributed by atoms with Crippen LogP contribution in [0, 0.1) is 0 Å². The molecule has 0 aromatic carbocycles. The molecule has 15 heavy (non-hydrogen) atoms. The van der Waals surface area contributed by atoms with Gasteiger partial charge in [0.15, 0.2) is 0 Å². The minimum atomic E-state index is -0.0612. The minimum Gasteiger partial charge on any atom is -0.331 e. The lowest BCUT2D eigenvalue weighted by Crippen LogP contribution is -2.38. The van der Waals surface area contributed by atoms with Crippen LogP contribution in [-0.2, 0) is 0 Å². The van der Waals surface area contributed by atoms with Crippen molar-refractivity contribution < 1.29 is 4.79 Å². The highest BCUT2D eigenvalue weighted by molar-refractivity contribution is 5.74. The highest BCUT2D eigenvalue weighted by atomic mass is 16.2. The molecule has 0 spiro atoms. The van der Waals surface area contributed by atoms with Gasteiger partial charge in [0, 0.05) is 26.0 Å². The van der Waals surface area contributed by atoms with Crippen LogP contribution in [0.1, 0.15) is 25.5 Å². The molecule has 0 fully saturated rings. The number of hydrogen-bond donors (Lipinski definition) is 1. The lowest BCUT2D eigenvalue weighted by atomic mass is 10.1. The highest BCUT2D eigenvalue weighted by Crippen LogP contribution is 2.09. The van der Waals surface area contributed by atoms with Gasteiger partial charge < -0.3 is 10.2 Å². The summed E-state index contributed by atoms with van der Waals surface area (Å²) in [5.74, 6) is 0. The molecule has 1 aromatic heterocycles. The first-order valence-corrected chi connectivity index (χ1v) is 5.06. The number of amides is 2. The van der Waals surface area contributed by atoms with Crippen molar-refractivity contribution in [3.8, 4) is 0 Å². The molecule has 1 aromatic rings. The molecule has 4 nitrogen and oxygen atoms in total. The Bertz CT molecular complexity index is 313. The maximum atomic E-state index is 11.6. The van der Waals surface area contributed by atoms with Crippen molar-refractivity contribution >= 4 is 6.03 Å². The molecule has 1 rings (SSSR count). The lowest BCUT2D eigenvalue weighted by Gasteiger charge is -2.19. The fourth-order valence-corrected chi connectivity index (χ4v) is 1.15. The quantitative estimate of drug-likeness (QED) is 0.821. The zero-order valence-electron chi connectivity index (χ0n) is 9.40. The fourth-order valence-electron chi connectivity index (χ4n) is 1.15. The molecule has 0 saturated heterocycles. The highest BCUT2D eigenvalue weighted by Gasteiger charge is 2.11. The predicted molar refractivity (Wildman–Crippen MR) is 59.5 cm³/mol. The normalized spacial score (nSPS) is 11.9. The van der Waals surface area contributed by atoms with Crippen LogP contribution in [0.25, 0.3) is 0 Å². The van der Waals surface area contributed by atoms with E-state index in [-0.39, 0.29) is 12.1 Å². The van der Waals surface area contributed by atoms with Crippen LogP contribution in [-0.4, -0.2) is 29.5 Å². The molecule has 0 aliphatic heterocycles. The predicted octanol–water partition coefficient (Wildman–Crippen LogP) is 1.80. The van der Waals surface area contributed by atoms with Crippen molar-refractivity contribution in [2.24, 2.45) is 0 Å². The topological polar surface area (TPSA) is 45.2 Å². The Morgan fingerprint density at radius 1 is 1.67 bits per heavy atom. The number of hydrogen-bond acceptors (Lipinski definition) is 2. The summed E-state index contributed by atoms with van der Waals surface area (Å²) < 4.78 is 0. The van der Waals surface area contributed by atoms with Crippen LogP contribution in [0.2, 0.25) is 0 Å². The zero-order valence-corrected chi connectivity index (χ0v) is 9.40. The van der Waals surface area contributed by atoms with Gasteiger partial charge in [-0.25, -0.2) is 4.79 Å². The molecule has 0 saturated carbocycles. The van der Waals surface area contributed by atoms with Crippen molar-refractivity contribution in [1.82, 2.24) is 15.2 Å². The molecule has 1 atom stereocenters. The van der Waals surface area contributed by atoms with E-state index in [0.29, 0.717) is 6.54 Å². The third-order valence-electron chi connectivity index (χ3n) is 2.35. The van der Waals surface area contributed by atoms with Gasteiger partial charge in [0.25, 0.3) is 0 Å². The number of nitrogens with zero attached hydrogens (tertiary/aromatic N) is 2. The van der Waals surface area contributed by atoms with Gasteiger partial charge in [-0.15, -0.1) is 0 Å². The molecule has 1 heterocycles. The van der Waals surface area contributed by atoms with E-state index in [1.165, 1.54) is 0 Å². The Hall–Kier alpha value is -1.58. The number of rotatable bonds is 3. The number of aromatic nitrogens is 1. The van der Waals surface area contributed by atoms with Crippen LogP contribution in [0.4, 0.5) is 4.79 Å². The van der Waals surface area contributed by atoms with Crippen molar-refractivity contribution in [1.29, 1.82) is 0 Å². The van der Waals surface area contributed by atoms with Gasteiger partial charge in [-0.1, -0.05) is 6.07 Å². The zero-order chi connectivity index (χ0) is 11.3.